The van der Waals surface area contributed by atoms with Gasteiger partial charge in [0.2, 0.25) is 0 Å². The van der Waals surface area contributed by atoms with E-state index < -0.39 is 0 Å². The standard InChI is InChI=1S/C13H7Br2FINO/c14-10-5-7(16)1-3-9(10)13(19)18-8-2-4-12(17)11(15)6-8/h1-6H,(H,18,19). The second-order valence-corrected chi connectivity index (χ2v) is 6.58. The van der Waals surface area contributed by atoms with E-state index in [1.807, 2.05) is 18.2 Å². The second-order valence-electron chi connectivity index (χ2n) is 3.71. The Morgan fingerprint density at radius 3 is 2.47 bits per heavy atom. The predicted molar refractivity (Wildman–Crippen MR) is 88.9 cm³/mol. The summed E-state index contributed by atoms with van der Waals surface area (Å²) in [6, 6.07) is 9.47. The summed E-state index contributed by atoms with van der Waals surface area (Å²) in [5, 5.41) is 2.76. The molecule has 0 radical (unpaired) electrons. The van der Waals surface area contributed by atoms with E-state index in [0.717, 1.165) is 8.04 Å². The molecule has 0 unspecified atom stereocenters. The highest BCUT2D eigenvalue weighted by Crippen LogP contribution is 2.24. The molecule has 1 N–H and O–H groups in total. The van der Waals surface area contributed by atoms with Crippen LogP contribution < -0.4 is 5.32 Å². The fourth-order valence-electron chi connectivity index (χ4n) is 1.45. The molecule has 0 spiro atoms. The Morgan fingerprint density at radius 2 is 1.84 bits per heavy atom. The maximum absolute atomic E-state index is 13.0. The minimum absolute atomic E-state index is 0.292. The van der Waals surface area contributed by atoms with Crippen LogP contribution in [0.5, 0.6) is 0 Å². The van der Waals surface area contributed by atoms with Gasteiger partial charge >= 0.3 is 0 Å². The lowest BCUT2D eigenvalue weighted by molar-refractivity contribution is 0.102. The summed E-state index contributed by atoms with van der Waals surface area (Å²) >= 11 is 8.76. The van der Waals surface area contributed by atoms with E-state index in [9.17, 15) is 9.18 Å². The van der Waals surface area contributed by atoms with Crippen molar-refractivity contribution < 1.29 is 9.18 Å². The Hall–Kier alpha value is -0.470. The third-order valence-electron chi connectivity index (χ3n) is 2.35. The van der Waals surface area contributed by atoms with Crippen molar-refractivity contribution in [1.82, 2.24) is 0 Å². The number of benzene rings is 2. The molecule has 0 aliphatic heterocycles. The van der Waals surface area contributed by atoms with Crippen molar-refractivity contribution in [3.8, 4) is 0 Å². The molecule has 2 aromatic rings. The van der Waals surface area contributed by atoms with Crippen LogP contribution in [0.3, 0.4) is 0 Å². The van der Waals surface area contributed by atoms with Crippen LogP contribution in [0.2, 0.25) is 0 Å². The largest absolute Gasteiger partial charge is 0.322 e. The summed E-state index contributed by atoms with van der Waals surface area (Å²) < 4.78 is 15.4. The number of amides is 1. The molecule has 2 nitrogen and oxygen atoms in total. The molecule has 0 bridgehead atoms. The first-order valence-corrected chi connectivity index (χ1v) is 7.85. The van der Waals surface area contributed by atoms with Gasteiger partial charge in [0.25, 0.3) is 5.91 Å². The predicted octanol–water partition coefficient (Wildman–Crippen LogP) is 5.21. The van der Waals surface area contributed by atoms with E-state index in [-0.39, 0.29) is 11.7 Å². The third-order valence-corrected chi connectivity index (χ3v) is 5.35. The molecule has 0 aliphatic carbocycles. The normalized spacial score (nSPS) is 10.3. The highest BCUT2D eigenvalue weighted by Gasteiger charge is 2.11. The summed E-state index contributed by atoms with van der Waals surface area (Å²) in [4.78, 5) is 12.1. The number of hydrogen-bond acceptors (Lipinski definition) is 1. The van der Waals surface area contributed by atoms with E-state index >= 15 is 0 Å². The van der Waals surface area contributed by atoms with E-state index in [2.05, 4.69) is 59.8 Å². The van der Waals surface area contributed by atoms with Crippen molar-refractivity contribution in [2.75, 3.05) is 5.32 Å². The molecular weight excluding hydrogens is 492 g/mol. The molecule has 2 aromatic carbocycles. The van der Waals surface area contributed by atoms with Crippen molar-refractivity contribution in [3.05, 3.63) is 60.3 Å². The van der Waals surface area contributed by atoms with Gasteiger partial charge in [0, 0.05) is 18.2 Å². The van der Waals surface area contributed by atoms with Crippen molar-refractivity contribution >= 4 is 66.0 Å². The molecule has 6 heteroatoms. The minimum atomic E-state index is -0.388. The topological polar surface area (TPSA) is 29.1 Å². The highest BCUT2D eigenvalue weighted by atomic mass is 127. The Balaban J connectivity index is 2.23. The molecule has 19 heavy (non-hydrogen) atoms. The molecule has 0 saturated heterocycles. The fraction of sp³-hybridized carbons (Fsp3) is 0. The van der Waals surface area contributed by atoms with E-state index in [1.54, 1.807) is 0 Å². The van der Waals surface area contributed by atoms with Gasteiger partial charge in [-0.3, -0.25) is 4.79 Å². The second kappa shape index (κ2) is 6.32. The number of hydrogen-bond donors (Lipinski definition) is 1. The quantitative estimate of drug-likeness (QED) is 0.566. The first-order chi connectivity index (χ1) is 8.97. The zero-order valence-electron chi connectivity index (χ0n) is 9.38. The van der Waals surface area contributed by atoms with Gasteiger partial charge in [-0.05, 0) is 90.8 Å². The van der Waals surface area contributed by atoms with Crippen LogP contribution in [0.15, 0.2) is 45.3 Å². The average Bonchev–Trinajstić information content (AvgIpc) is 2.33. The molecule has 0 atom stereocenters. The smallest absolute Gasteiger partial charge is 0.256 e. The van der Waals surface area contributed by atoms with Crippen LogP contribution in [-0.2, 0) is 0 Å². The number of nitrogens with one attached hydrogen (secondary N) is 1. The van der Waals surface area contributed by atoms with E-state index in [0.29, 0.717) is 15.7 Å². The van der Waals surface area contributed by atoms with Crippen LogP contribution in [0.4, 0.5) is 10.1 Å². The summed E-state index contributed by atoms with van der Waals surface area (Å²) in [6.07, 6.45) is 0. The van der Waals surface area contributed by atoms with Gasteiger partial charge in [0.15, 0.2) is 0 Å². The molecule has 0 heterocycles. The lowest BCUT2D eigenvalue weighted by Gasteiger charge is -2.08. The van der Waals surface area contributed by atoms with Gasteiger partial charge in [-0.25, -0.2) is 4.39 Å². The van der Waals surface area contributed by atoms with Gasteiger partial charge in [-0.2, -0.15) is 0 Å². The molecule has 98 valence electrons. The monoisotopic (exact) mass is 497 g/mol. The van der Waals surface area contributed by atoms with Crippen LogP contribution in [-0.4, -0.2) is 5.91 Å². The van der Waals surface area contributed by atoms with Gasteiger partial charge in [-0.1, -0.05) is 0 Å². The maximum atomic E-state index is 13.0. The highest BCUT2D eigenvalue weighted by molar-refractivity contribution is 14.1. The maximum Gasteiger partial charge on any atom is 0.256 e. The van der Waals surface area contributed by atoms with Gasteiger partial charge in [0.05, 0.1) is 5.56 Å². The van der Waals surface area contributed by atoms with Gasteiger partial charge < -0.3 is 5.32 Å². The van der Waals surface area contributed by atoms with Crippen LogP contribution in [0, 0.1) is 9.39 Å². The summed E-state index contributed by atoms with van der Waals surface area (Å²) in [6.45, 7) is 0. The Bertz CT molecular complexity index is 649. The Labute approximate surface area is 140 Å². The molecule has 0 fully saturated rings. The lowest BCUT2D eigenvalue weighted by atomic mass is 10.2. The van der Waals surface area contributed by atoms with Crippen LogP contribution in [0.1, 0.15) is 10.4 Å². The number of anilines is 1. The molecule has 0 aliphatic rings. The number of rotatable bonds is 2. The average molecular weight is 499 g/mol. The van der Waals surface area contributed by atoms with Crippen molar-refractivity contribution in [2.45, 2.75) is 0 Å². The molecule has 1 amide bonds. The number of halogens is 4. The van der Waals surface area contributed by atoms with E-state index in [4.69, 9.17) is 0 Å². The first-order valence-electron chi connectivity index (χ1n) is 5.19. The fourth-order valence-corrected chi connectivity index (χ4v) is 2.69. The van der Waals surface area contributed by atoms with Crippen molar-refractivity contribution in [2.24, 2.45) is 0 Å². The van der Waals surface area contributed by atoms with E-state index in [1.165, 1.54) is 18.2 Å². The first kappa shape index (κ1) is 14.9. The zero-order chi connectivity index (χ0) is 14.0. The number of carbonyl (C=O) groups excluding carboxylic acids is 1. The molecule has 2 rings (SSSR count). The van der Waals surface area contributed by atoms with Crippen LogP contribution >= 0.6 is 54.5 Å². The Kier molecular flexibility index (Phi) is 4.97. The Morgan fingerprint density at radius 1 is 1.11 bits per heavy atom. The molecular formula is C13H7Br2FINO. The van der Waals surface area contributed by atoms with Crippen molar-refractivity contribution in [1.29, 1.82) is 0 Å². The molecule has 0 aromatic heterocycles. The molecule has 0 saturated carbocycles. The van der Waals surface area contributed by atoms with Gasteiger partial charge in [-0.15, -0.1) is 0 Å². The third kappa shape index (κ3) is 3.76. The minimum Gasteiger partial charge on any atom is -0.322 e. The van der Waals surface area contributed by atoms with Gasteiger partial charge in [0.1, 0.15) is 5.82 Å². The zero-order valence-corrected chi connectivity index (χ0v) is 14.7. The summed E-state index contributed by atoms with van der Waals surface area (Å²) in [7, 11) is 0. The van der Waals surface area contributed by atoms with Crippen molar-refractivity contribution in [3.63, 3.8) is 0 Å². The lowest BCUT2D eigenvalue weighted by Crippen LogP contribution is -2.12. The SMILES string of the molecule is O=C(Nc1ccc(I)c(Br)c1)c1ccc(F)cc1Br. The number of carbonyl (C=O) groups is 1. The summed E-state index contributed by atoms with van der Waals surface area (Å²) in [5.74, 6) is -0.680. The van der Waals surface area contributed by atoms with Crippen LogP contribution in [0.25, 0.3) is 0 Å². The summed E-state index contributed by atoms with van der Waals surface area (Å²) in [5.41, 5.74) is 1.06.